The van der Waals surface area contributed by atoms with Crippen molar-refractivity contribution in [2.45, 2.75) is 13.5 Å². The van der Waals surface area contributed by atoms with Gasteiger partial charge in [-0.15, -0.1) is 0 Å². The van der Waals surface area contributed by atoms with E-state index in [-0.39, 0.29) is 5.91 Å². The molecule has 0 radical (unpaired) electrons. The molecule has 1 aliphatic heterocycles. The molecule has 2 rings (SSSR count). The first-order chi connectivity index (χ1) is 7.27. The number of benzene rings is 1. The number of carbonyl (C=O) groups is 1. The smallest absolute Gasteiger partial charge is 0.246 e. The van der Waals surface area contributed by atoms with Crippen LogP contribution in [0.4, 0.5) is 11.4 Å². The Morgan fingerprint density at radius 3 is 3.00 bits per heavy atom. The molecule has 1 aromatic rings. The maximum atomic E-state index is 11.6. The summed E-state index contributed by atoms with van der Waals surface area (Å²) in [6, 6.07) is 5.86. The predicted octanol–water partition coefficient (Wildman–Crippen LogP) is 0.924. The molecule has 0 aliphatic carbocycles. The Bertz CT molecular complexity index is 389. The fourth-order valence-electron chi connectivity index (χ4n) is 1.93. The second-order valence-electron chi connectivity index (χ2n) is 3.51. The SMILES string of the molecule is CCN1C(=O)CNc2c(CN)cccc21. The van der Waals surface area contributed by atoms with Crippen LogP contribution in [0.5, 0.6) is 0 Å². The van der Waals surface area contributed by atoms with Gasteiger partial charge < -0.3 is 16.0 Å². The average Bonchev–Trinajstić information content (AvgIpc) is 2.28. The summed E-state index contributed by atoms with van der Waals surface area (Å²) < 4.78 is 0. The molecule has 0 spiro atoms. The monoisotopic (exact) mass is 205 g/mol. The summed E-state index contributed by atoms with van der Waals surface area (Å²) in [5.41, 5.74) is 8.65. The van der Waals surface area contributed by atoms with Crippen molar-refractivity contribution in [3.8, 4) is 0 Å². The Morgan fingerprint density at radius 1 is 1.53 bits per heavy atom. The lowest BCUT2D eigenvalue weighted by Gasteiger charge is -2.30. The number of hydrogen-bond acceptors (Lipinski definition) is 3. The van der Waals surface area contributed by atoms with Gasteiger partial charge in [0.2, 0.25) is 5.91 Å². The third-order valence-electron chi connectivity index (χ3n) is 2.67. The topological polar surface area (TPSA) is 58.4 Å². The Morgan fingerprint density at radius 2 is 2.33 bits per heavy atom. The molecule has 4 nitrogen and oxygen atoms in total. The molecular weight excluding hydrogens is 190 g/mol. The number of hydrogen-bond donors (Lipinski definition) is 2. The summed E-state index contributed by atoms with van der Waals surface area (Å²) in [6.07, 6.45) is 0. The Labute approximate surface area is 89.1 Å². The number of likely N-dealkylation sites (N-methyl/N-ethyl adjacent to an activating group) is 1. The fraction of sp³-hybridized carbons (Fsp3) is 0.364. The number of rotatable bonds is 2. The molecule has 0 fully saturated rings. The molecule has 0 bridgehead atoms. The number of anilines is 2. The molecule has 1 heterocycles. The van der Waals surface area contributed by atoms with Crippen molar-refractivity contribution < 1.29 is 4.79 Å². The molecule has 1 aromatic carbocycles. The van der Waals surface area contributed by atoms with Gasteiger partial charge in [-0.25, -0.2) is 0 Å². The van der Waals surface area contributed by atoms with Crippen molar-refractivity contribution in [1.29, 1.82) is 0 Å². The van der Waals surface area contributed by atoms with Crippen LogP contribution >= 0.6 is 0 Å². The first-order valence-corrected chi connectivity index (χ1v) is 5.14. The molecular formula is C11H15N3O. The van der Waals surface area contributed by atoms with E-state index in [1.165, 1.54) is 0 Å². The first kappa shape index (κ1) is 9.98. The van der Waals surface area contributed by atoms with E-state index in [9.17, 15) is 4.79 Å². The molecule has 1 amide bonds. The van der Waals surface area contributed by atoms with Gasteiger partial charge in [0.1, 0.15) is 0 Å². The third-order valence-corrected chi connectivity index (χ3v) is 2.67. The van der Waals surface area contributed by atoms with Crippen molar-refractivity contribution in [2.24, 2.45) is 5.73 Å². The highest BCUT2D eigenvalue weighted by atomic mass is 16.2. The summed E-state index contributed by atoms with van der Waals surface area (Å²) in [7, 11) is 0. The van der Waals surface area contributed by atoms with Crippen molar-refractivity contribution in [3.05, 3.63) is 23.8 Å². The van der Waals surface area contributed by atoms with E-state index in [2.05, 4.69) is 5.32 Å². The number of carbonyl (C=O) groups excluding carboxylic acids is 1. The van der Waals surface area contributed by atoms with E-state index >= 15 is 0 Å². The zero-order chi connectivity index (χ0) is 10.8. The second-order valence-corrected chi connectivity index (χ2v) is 3.51. The van der Waals surface area contributed by atoms with Gasteiger partial charge >= 0.3 is 0 Å². The van der Waals surface area contributed by atoms with Crippen LogP contribution in [0.3, 0.4) is 0 Å². The minimum Gasteiger partial charge on any atom is -0.374 e. The van der Waals surface area contributed by atoms with Crippen molar-refractivity contribution in [1.82, 2.24) is 0 Å². The lowest BCUT2D eigenvalue weighted by molar-refractivity contribution is -0.117. The predicted molar refractivity (Wildman–Crippen MR) is 60.9 cm³/mol. The number of nitrogens with zero attached hydrogens (tertiary/aromatic N) is 1. The number of amides is 1. The van der Waals surface area contributed by atoms with Gasteiger partial charge in [-0.2, -0.15) is 0 Å². The van der Waals surface area contributed by atoms with E-state index in [1.807, 2.05) is 25.1 Å². The maximum absolute atomic E-state index is 11.6. The van der Waals surface area contributed by atoms with E-state index in [4.69, 9.17) is 5.73 Å². The molecule has 0 unspecified atom stereocenters. The lowest BCUT2D eigenvalue weighted by atomic mass is 10.1. The quantitative estimate of drug-likeness (QED) is 0.755. The van der Waals surface area contributed by atoms with Crippen LogP contribution in [0.1, 0.15) is 12.5 Å². The minimum absolute atomic E-state index is 0.110. The van der Waals surface area contributed by atoms with Gasteiger partial charge in [0, 0.05) is 13.1 Å². The molecule has 0 atom stereocenters. The Balaban J connectivity index is 2.50. The highest BCUT2D eigenvalue weighted by molar-refractivity contribution is 6.03. The first-order valence-electron chi connectivity index (χ1n) is 5.14. The van der Waals surface area contributed by atoms with Crippen molar-refractivity contribution >= 4 is 17.3 Å². The van der Waals surface area contributed by atoms with Crippen molar-refractivity contribution in [3.63, 3.8) is 0 Å². The average molecular weight is 205 g/mol. The van der Waals surface area contributed by atoms with Gasteiger partial charge in [-0.1, -0.05) is 12.1 Å². The van der Waals surface area contributed by atoms with E-state index in [0.29, 0.717) is 19.6 Å². The van der Waals surface area contributed by atoms with Gasteiger partial charge in [0.25, 0.3) is 0 Å². The maximum Gasteiger partial charge on any atom is 0.246 e. The van der Waals surface area contributed by atoms with E-state index < -0.39 is 0 Å². The third kappa shape index (κ3) is 1.57. The van der Waals surface area contributed by atoms with Crippen LogP contribution in [0, 0.1) is 0 Å². The van der Waals surface area contributed by atoms with Crippen LogP contribution < -0.4 is 16.0 Å². The van der Waals surface area contributed by atoms with Crippen LogP contribution in [-0.4, -0.2) is 19.0 Å². The van der Waals surface area contributed by atoms with Gasteiger partial charge in [-0.05, 0) is 18.6 Å². The second kappa shape index (κ2) is 3.90. The highest BCUT2D eigenvalue weighted by Gasteiger charge is 2.23. The zero-order valence-corrected chi connectivity index (χ0v) is 8.79. The molecule has 15 heavy (non-hydrogen) atoms. The summed E-state index contributed by atoms with van der Waals surface area (Å²) in [4.78, 5) is 13.4. The van der Waals surface area contributed by atoms with Gasteiger partial charge in [0.15, 0.2) is 0 Å². The van der Waals surface area contributed by atoms with Gasteiger partial charge in [0.05, 0.1) is 17.9 Å². The molecule has 0 saturated heterocycles. The van der Waals surface area contributed by atoms with Crippen LogP contribution in [0.15, 0.2) is 18.2 Å². The minimum atomic E-state index is 0.110. The summed E-state index contributed by atoms with van der Waals surface area (Å²) in [5, 5.41) is 3.12. The summed E-state index contributed by atoms with van der Waals surface area (Å²) in [6.45, 7) is 3.52. The van der Waals surface area contributed by atoms with E-state index in [0.717, 1.165) is 16.9 Å². The molecule has 0 aromatic heterocycles. The van der Waals surface area contributed by atoms with Crippen molar-refractivity contribution in [2.75, 3.05) is 23.3 Å². The Hall–Kier alpha value is -1.55. The van der Waals surface area contributed by atoms with Crippen LogP contribution in [-0.2, 0) is 11.3 Å². The zero-order valence-electron chi connectivity index (χ0n) is 8.79. The normalized spacial score (nSPS) is 14.8. The number of fused-ring (bicyclic) bond motifs is 1. The summed E-state index contributed by atoms with van der Waals surface area (Å²) >= 11 is 0. The fourth-order valence-corrected chi connectivity index (χ4v) is 1.93. The van der Waals surface area contributed by atoms with Gasteiger partial charge in [-0.3, -0.25) is 4.79 Å². The molecule has 3 N–H and O–H groups in total. The molecule has 4 heteroatoms. The standard InChI is InChI=1S/C11H15N3O/c1-2-14-9-5-3-4-8(6-12)11(9)13-7-10(14)15/h3-5,13H,2,6-7,12H2,1H3. The Kier molecular flexibility index (Phi) is 2.60. The largest absolute Gasteiger partial charge is 0.374 e. The molecule has 1 aliphatic rings. The number of para-hydroxylation sites is 1. The van der Waals surface area contributed by atoms with Crippen LogP contribution in [0.25, 0.3) is 0 Å². The van der Waals surface area contributed by atoms with Crippen LogP contribution in [0.2, 0.25) is 0 Å². The number of nitrogens with one attached hydrogen (secondary N) is 1. The number of nitrogens with two attached hydrogens (primary N) is 1. The van der Waals surface area contributed by atoms with E-state index in [1.54, 1.807) is 4.90 Å². The molecule has 80 valence electrons. The summed E-state index contributed by atoms with van der Waals surface area (Å²) in [5.74, 6) is 0.110. The highest BCUT2D eigenvalue weighted by Crippen LogP contribution is 2.32. The molecule has 0 saturated carbocycles. The lowest BCUT2D eigenvalue weighted by Crippen LogP contribution is -2.40.